The molecule has 2 nitrogen and oxygen atoms in total. The van der Waals surface area contributed by atoms with Crippen molar-refractivity contribution in [1.29, 1.82) is 0 Å². The zero-order chi connectivity index (χ0) is 12.0. The summed E-state index contributed by atoms with van der Waals surface area (Å²) in [5, 5.41) is 3.59. The summed E-state index contributed by atoms with van der Waals surface area (Å²) in [6.07, 6.45) is 1.29. The SMILES string of the molecule is CC(C)CCNCC(C)N1CCSCC1C. The van der Waals surface area contributed by atoms with Crippen LogP contribution in [0.2, 0.25) is 0 Å². The summed E-state index contributed by atoms with van der Waals surface area (Å²) < 4.78 is 0. The van der Waals surface area contributed by atoms with Gasteiger partial charge in [0, 0.05) is 36.7 Å². The third-order valence-corrected chi connectivity index (χ3v) is 4.51. The van der Waals surface area contributed by atoms with E-state index in [4.69, 9.17) is 0 Å². The average Bonchev–Trinajstić information content (AvgIpc) is 2.24. The molecule has 1 N–H and O–H groups in total. The van der Waals surface area contributed by atoms with Crippen LogP contribution in [0, 0.1) is 5.92 Å². The topological polar surface area (TPSA) is 15.3 Å². The van der Waals surface area contributed by atoms with Crippen LogP contribution < -0.4 is 5.32 Å². The molecule has 1 aliphatic rings. The third-order valence-electron chi connectivity index (χ3n) is 3.32. The highest BCUT2D eigenvalue weighted by Gasteiger charge is 2.22. The van der Waals surface area contributed by atoms with Gasteiger partial charge in [0.25, 0.3) is 0 Å². The number of rotatable bonds is 6. The first kappa shape index (κ1) is 14.3. The van der Waals surface area contributed by atoms with E-state index in [2.05, 4.69) is 49.7 Å². The van der Waals surface area contributed by atoms with Gasteiger partial charge in [-0.25, -0.2) is 0 Å². The van der Waals surface area contributed by atoms with Crippen molar-refractivity contribution >= 4 is 11.8 Å². The minimum atomic E-state index is 0.683. The van der Waals surface area contributed by atoms with Crippen LogP contribution in [0.4, 0.5) is 0 Å². The molecule has 16 heavy (non-hydrogen) atoms. The minimum Gasteiger partial charge on any atom is -0.315 e. The van der Waals surface area contributed by atoms with Crippen molar-refractivity contribution < 1.29 is 0 Å². The van der Waals surface area contributed by atoms with Crippen LogP contribution in [0.1, 0.15) is 34.1 Å². The molecule has 0 aromatic heterocycles. The maximum absolute atomic E-state index is 3.59. The lowest BCUT2D eigenvalue weighted by atomic mass is 10.1. The molecule has 2 unspecified atom stereocenters. The predicted octanol–water partition coefficient (Wildman–Crippen LogP) is 2.45. The normalized spacial score (nSPS) is 24.9. The lowest BCUT2D eigenvalue weighted by molar-refractivity contribution is 0.169. The Hall–Kier alpha value is 0.270. The molecule has 0 aliphatic carbocycles. The summed E-state index contributed by atoms with van der Waals surface area (Å²) in [6.45, 7) is 12.9. The van der Waals surface area contributed by atoms with Crippen molar-refractivity contribution in [3.05, 3.63) is 0 Å². The van der Waals surface area contributed by atoms with Gasteiger partial charge in [0.05, 0.1) is 0 Å². The molecule has 1 rings (SSSR count). The van der Waals surface area contributed by atoms with E-state index >= 15 is 0 Å². The van der Waals surface area contributed by atoms with Crippen molar-refractivity contribution in [1.82, 2.24) is 10.2 Å². The smallest absolute Gasteiger partial charge is 0.0195 e. The van der Waals surface area contributed by atoms with Crippen molar-refractivity contribution in [3.63, 3.8) is 0 Å². The van der Waals surface area contributed by atoms with Gasteiger partial charge in [0.2, 0.25) is 0 Å². The minimum absolute atomic E-state index is 0.683. The first-order valence-corrected chi connectivity index (χ1v) is 7.81. The molecule has 0 saturated carbocycles. The highest BCUT2D eigenvalue weighted by Crippen LogP contribution is 2.18. The Morgan fingerprint density at radius 1 is 1.38 bits per heavy atom. The van der Waals surface area contributed by atoms with Gasteiger partial charge in [0.15, 0.2) is 0 Å². The fourth-order valence-electron chi connectivity index (χ4n) is 2.21. The van der Waals surface area contributed by atoms with Crippen molar-refractivity contribution in [2.24, 2.45) is 5.92 Å². The van der Waals surface area contributed by atoms with Crippen LogP contribution in [0.3, 0.4) is 0 Å². The summed E-state index contributed by atoms with van der Waals surface area (Å²) in [5.74, 6) is 3.42. The van der Waals surface area contributed by atoms with Crippen LogP contribution >= 0.6 is 11.8 Å². The molecule has 1 aliphatic heterocycles. The van der Waals surface area contributed by atoms with Crippen molar-refractivity contribution in [3.8, 4) is 0 Å². The Morgan fingerprint density at radius 3 is 2.75 bits per heavy atom. The molecule has 96 valence electrons. The largest absolute Gasteiger partial charge is 0.315 e. The summed E-state index contributed by atoms with van der Waals surface area (Å²) in [4.78, 5) is 2.65. The summed E-state index contributed by atoms with van der Waals surface area (Å²) >= 11 is 2.09. The average molecular weight is 244 g/mol. The number of nitrogens with zero attached hydrogens (tertiary/aromatic N) is 1. The number of hydrogen-bond donors (Lipinski definition) is 1. The van der Waals surface area contributed by atoms with Gasteiger partial charge < -0.3 is 5.32 Å². The van der Waals surface area contributed by atoms with Gasteiger partial charge >= 0.3 is 0 Å². The quantitative estimate of drug-likeness (QED) is 0.723. The first-order chi connectivity index (χ1) is 7.61. The van der Waals surface area contributed by atoms with E-state index in [-0.39, 0.29) is 0 Å². The van der Waals surface area contributed by atoms with E-state index in [9.17, 15) is 0 Å². The van der Waals surface area contributed by atoms with Crippen LogP contribution in [-0.2, 0) is 0 Å². The zero-order valence-electron chi connectivity index (χ0n) is 11.3. The Morgan fingerprint density at radius 2 is 2.12 bits per heavy atom. The van der Waals surface area contributed by atoms with Gasteiger partial charge in [-0.3, -0.25) is 4.90 Å². The Labute approximate surface area is 106 Å². The zero-order valence-corrected chi connectivity index (χ0v) is 12.1. The monoisotopic (exact) mass is 244 g/mol. The molecule has 0 bridgehead atoms. The summed E-state index contributed by atoms with van der Waals surface area (Å²) in [5.41, 5.74) is 0. The Bertz CT molecular complexity index is 185. The molecule has 0 amide bonds. The van der Waals surface area contributed by atoms with Gasteiger partial charge in [0.1, 0.15) is 0 Å². The molecule has 0 radical (unpaired) electrons. The maximum Gasteiger partial charge on any atom is 0.0195 e. The van der Waals surface area contributed by atoms with E-state index in [1.165, 1.54) is 31.0 Å². The fourth-order valence-corrected chi connectivity index (χ4v) is 3.25. The highest BCUT2D eigenvalue weighted by molar-refractivity contribution is 7.99. The van der Waals surface area contributed by atoms with Crippen LogP contribution in [0.5, 0.6) is 0 Å². The molecular weight excluding hydrogens is 216 g/mol. The van der Waals surface area contributed by atoms with Crippen molar-refractivity contribution in [2.45, 2.75) is 46.2 Å². The molecule has 0 spiro atoms. The molecule has 1 fully saturated rings. The summed E-state index contributed by atoms with van der Waals surface area (Å²) in [6, 6.07) is 1.43. The van der Waals surface area contributed by atoms with E-state index in [0.717, 1.165) is 18.5 Å². The van der Waals surface area contributed by atoms with Crippen molar-refractivity contribution in [2.75, 3.05) is 31.1 Å². The van der Waals surface area contributed by atoms with E-state index in [1.807, 2.05) is 0 Å². The molecule has 1 heterocycles. The Kier molecular flexibility index (Phi) is 6.78. The van der Waals surface area contributed by atoms with Gasteiger partial charge in [-0.2, -0.15) is 11.8 Å². The summed E-state index contributed by atoms with van der Waals surface area (Å²) in [7, 11) is 0. The van der Waals surface area contributed by atoms with E-state index in [1.54, 1.807) is 0 Å². The lowest BCUT2D eigenvalue weighted by Crippen LogP contribution is -2.49. The molecule has 3 heteroatoms. The van der Waals surface area contributed by atoms with Gasteiger partial charge in [-0.05, 0) is 32.7 Å². The maximum atomic E-state index is 3.59. The van der Waals surface area contributed by atoms with Gasteiger partial charge in [-0.15, -0.1) is 0 Å². The second kappa shape index (κ2) is 7.57. The van der Waals surface area contributed by atoms with Crippen LogP contribution in [0.25, 0.3) is 0 Å². The standard InChI is InChI=1S/C13H28N2S/c1-11(2)5-6-14-9-12(3)15-7-8-16-10-13(15)4/h11-14H,5-10H2,1-4H3. The van der Waals surface area contributed by atoms with E-state index < -0.39 is 0 Å². The number of nitrogens with one attached hydrogen (secondary N) is 1. The van der Waals surface area contributed by atoms with Crippen LogP contribution in [0.15, 0.2) is 0 Å². The lowest BCUT2D eigenvalue weighted by Gasteiger charge is -2.37. The third kappa shape index (κ3) is 5.07. The Balaban J connectivity index is 2.15. The first-order valence-electron chi connectivity index (χ1n) is 6.65. The van der Waals surface area contributed by atoms with Crippen LogP contribution in [-0.4, -0.2) is 48.1 Å². The predicted molar refractivity (Wildman–Crippen MR) is 75.3 cm³/mol. The number of hydrogen-bond acceptors (Lipinski definition) is 3. The second-order valence-electron chi connectivity index (χ2n) is 5.40. The molecule has 2 atom stereocenters. The fraction of sp³-hybridized carbons (Fsp3) is 1.00. The second-order valence-corrected chi connectivity index (χ2v) is 6.55. The van der Waals surface area contributed by atoms with E-state index in [0.29, 0.717) is 6.04 Å². The molecule has 0 aromatic rings. The molecular formula is C13H28N2S. The van der Waals surface area contributed by atoms with Gasteiger partial charge in [-0.1, -0.05) is 13.8 Å². The molecule has 0 aromatic carbocycles. The number of thioether (sulfide) groups is 1. The highest BCUT2D eigenvalue weighted by atomic mass is 32.2. The molecule has 1 saturated heterocycles.